The molecule has 0 aromatic heterocycles. The molecule has 120 valence electrons. The van der Waals surface area contributed by atoms with Gasteiger partial charge in [-0.25, -0.2) is 0 Å². The van der Waals surface area contributed by atoms with Gasteiger partial charge in [-0.05, 0) is 58.8 Å². The number of methoxy groups -OCH3 is 1. The fourth-order valence-corrected chi connectivity index (χ4v) is 2.88. The molecule has 0 aliphatic heterocycles. The molecular weight excluding hydrogens is 330 g/mol. The fraction of sp³-hybridized carbons (Fsp3) is 0.647. The number of hydrogen-bond donors (Lipinski definition) is 1. The molecule has 0 saturated carbocycles. The molecule has 1 aromatic carbocycles. The van der Waals surface area contributed by atoms with Gasteiger partial charge in [-0.2, -0.15) is 0 Å². The summed E-state index contributed by atoms with van der Waals surface area (Å²) in [6.07, 6.45) is 4.16. The molecule has 4 heteroatoms. The molecule has 1 rings (SSSR count). The van der Waals surface area contributed by atoms with Gasteiger partial charge in [-0.3, -0.25) is 0 Å². The first kappa shape index (κ1) is 18.3. The Kier molecular flexibility index (Phi) is 8.12. The van der Waals surface area contributed by atoms with E-state index in [9.17, 15) is 0 Å². The van der Waals surface area contributed by atoms with Crippen molar-refractivity contribution in [2.24, 2.45) is 11.7 Å². The summed E-state index contributed by atoms with van der Waals surface area (Å²) in [5, 5.41) is 0. The van der Waals surface area contributed by atoms with Crippen LogP contribution in [0.3, 0.4) is 0 Å². The largest absolute Gasteiger partial charge is 0.493 e. The van der Waals surface area contributed by atoms with Gasteiger partial charge in [0.15, 0.2) is 11.5 Å². The summed E-state index contributed by atoms with van der Waals surface area (Å²) in [4.78, 5) is 0. The highest BCUT2D eigenvalue weighted by molar-refractivity contribution is 9.10. The molecule has 0 amide bonds. The normalized spacial score (nSPS) is 13.8. The predicted molar refractivity (Wildman–Crippen MR) is 92.2 cm³/mol. The van der Waals surface area contributed by atoms with Crippen LogP contribution in [0.15, 0.2) is 16.6 Å². The molecule has 2 N–H and O–H groups in total. The van der Waals surface area contributed by atoms with E-state index in [-0.39, 0.29) is 6.04 Å². The minimum absolute atomic E-state index is 0.179. The maximum absolute atomic E-state index is 6.03. The first-order chi connectivity index (χ1) is 10.0. The van der Waals surface area contributed by atoms with Gasteiger partial charge in [-0.15, -0.1) is 0 Å². The molecule has 1 aromatic rings. The lowest BCUT2D eigenvalue weighted by molar-refractivity contribution is 0.239. The van der Waals surface area contributed by atoms with Gasteiger partial charge < -0.3 is 15.2 Å². The molecular formula is C17H28BrNO2. The van der Waals surface area contributed by atoms with Crippen molar-refractivity contribution in [3.63, 3.8) is 0 Å². The van der Waals surface area contributed by atoms with Crippen LogP contribution in [0.25, 0.3) is 0 Å². The Morgan fingerprint density at radius 1 is 1.29 bits per heavy atom. The van der Waals surface area contributed by atoms with Crippen molar-refractivity contribution in [1.82, 2.24) is 0 Å². The molecule has 0 saturated heterocycles. The SMILES string of the molecule is CCCC(C)COc1c(Br)cc(CC(N)CC)cc1OC. The van der Waals surface area contributed by atoms with E-state index in [1.54, 1.807) is 7.11 Å². The van der Waals surface area contributed by atoms with E-state index >= 15 is 0 Å². The number of ether oxygens (including phenoxy) is 2. The average Bonchev–Trinajstić information content (AvgIpc) is 2.45. The van der Waals surface area contributed by atoms with E-state index in [0.29, 0.717) is 12.5 Å². The van der Waals surface area contributed by atoms with E-state index in [1.807, 2.05) is 6.07 Å². The van der Waals surface area contributed by atoms with Crippen molar-refractivity contribution in [2.45, 2.75) is 52.5 Å². The smallest absolute Gasteiger partial charge is 0.175 e. The highest BCUT2D eigenvalue weighted by Crippen LogP contribution is 2.37. The highest BCUT2D eigenvalue weighted by Gasteiger charge is 2.14. The number of hydrogen-bond acceptors (Lipinski definition) is 3. The van der Waals surface area contributed by atoms with Crippen LogP contribution < -0.4 is 15.2 Å². The zero-order valence-corrected chi connectivity index (χ0v) is 15.2. The second kappa shape index (κ2) is 9.31. The molecule has 0 fully saturated rings. The molecule has 3 nitrogen and oxygen atoms in total. The van der Waals surface area contributed by atoms with Gasteiger partial charge in [0, 0.05) is 6.04 Å². The highest BCUT2D eigenvalue weighted by atomic mass is 79.9. The Labute approximate surface area is 137 Å². The third kappa shape index (κ3) is 5.87. The van der Waals surface area contributed by atoms with Gasteiger partial charge in [0.25, 0.3) is 0 Å². The number of benzene rings is 1. The summed E-state index contributed by atoms with van der Waals surface area (Å²) in [6, 6.07) is 4.29. The predicted octanol–water partition coefficient (Wildman–Crippen LogP) is 4.55. The molecule has 0 spiro atoms. The van der Waals surface area contributed by atoms with Crippen LogP contribution in [-0.4, -0.2) is 19.8 Å². The Morgan fingerprint density at radius 2 is 2.00 bits per heavy atom. The second-order valence-electron chi connectivity index (χ2n) is 5.69. The molecule has 0 heterocycles. The molecule has 0 aliphatic rings. The standard InChI is InChI=1S/C17H28BrNO2/c1-5-7-12(3)11-21-17-15(18)9-13(8-14(19)6-2)10-16(17)20-4/h9-10,12,14H,5-8,11,19H2,1-4H3. The van der Waals surface area contributed by atoms with Gasteiger partial charge in [0.05, 0.1) is 18.2 Å². The van der Waals surface area contributed by atoms with E-state index < -0.39 is 0 Å². The maximum Gasteiger partial charge on any atom is 0.175 e. The van der Waals surface area contributed by atoms with Crippen LogP contribution >= 0.6 is 15.9 Å². The maximum atomic E-state index is 6.03. The Hall–Kier alpha value is -0.740. The molecule has 2 unspecified atom stereocenters. The summed E-state index contributed by atoms with van der Waals surface area (Å²) in [5.74, 6) is 2.10. The van der Waals surface area contributed by atoms with Crippen LogP contribution in [0.5, 0.6) is 11.5 Å². The summed E-state index contributed by atoms with van der Waals surface area (Å²) in [6.45, 7) is 7.21. The minimum atomic E-state index is 0.179. The first-order valence-electron chi connectivity index (χ1n) is 7.76. The summed E-state index contributed by atoms with van der Waals surface area (Å²) >= 11 is 3.59. The Bertz CT molecular complexity index is 437. The zero-order chi connectivity index (χ0) is 15.8. The Balaban J connectivity index is 2.84. The number of halogens is 1. The van der Waals surface area contributed by atoms with E-state index in [1.165, 1.54) is 18.4 Å². The zero-order valence-electron chi connectivity index (χ0n) is 13.6. The summed E-state index contributed by atoms with van der Waals surface area (Å²) < 4.78 is 12.4. The Morgan fingerprint density at radius 3 is 2.57 bits per heavy atom. The van der Waals surface area contributed by atoms with Crippen LogP contribution in [0.2, 0.25) is 0 Å². The van der Waals surface area contributed by atoms with Crippen LogP contribution in [0, 0.1) is 5.92 Å². The molecule has 0 aliphatic carbocycles. The van der Waals surface area contributed by atoms with Crippen molar-refractivity contribution in [2.75, 3.05) is 13.7 Å². The lowest BCUT2D eigenvalue weighted by Gasteiger charge is -2.18. The lowest BCUT2D eigenvalue weighted by atomic mass is 10.0. The van der Waals surface area contributed by atoms with Crippen LogP contribution in [-0.2, 0) is 6.42 Å². The van der Waals surface area contributed by atoms with Gasteiger partial charge in [-0.1, -0.05) is 27.2 Å². The molecule has 2 atom stereocenters. The van der Waals surface area contributed by atoms with Crippen molar-refractivity contribution in [3.8, 4) is 11.5 Å². The van der Waals surface area contributed by atoms with E-state index in [0.717, 1.165) is 28.8 Å². The number of nitrogens with two attached hydrogens (primary N) is 1. The molecule has 0 bridgehead atoms. The minimum Gasteiger partial charge on any atom is -0.493 e. The van der Waals surface area contributed by atoms with Gasteiger partial charge in [0.2, 0.25) is 0 Å². The van der Waals surface area contributed by atoms with Crippen molar-refractivity contribution < 1.29 is 9.47 Å². The van der Waals surface area contributed by atoms with Crippen molar-refractivity contribution in [3.05, 3.63) is 22.2 Å². The van der Waals surface area contributed by atoms with Gasteiger partial charge >= 0.3 is 0 Å². The fourth-order valence-electron chi connectivity index (χ4n) is 2.28. The van der Waals surface area contributed by atoms with E-state index in [2.05, 4.69) is 42.8 Å². The quantitative estimate of drug-likeness (QED) is 0.704. The molecule has 21 heavy (non-hydrogen) atoms. The third-order valence-corrected chi connectivity index (χ3v) is 4.19. The number of rotatable bonds is 9. The monoisotopic (exact) mass is 357 g/mol. The van der Waals surface area contributed by atoms with Crippen molar-refractivity contribution >= 4 is 15.9 Å². The van der Waals surface area contributed by atoms with Crippen molar-refractivity contribution in [1.29, 1.82) is 0 Å². The summed E-state index contributed by atoms with van der Waals surface area (Å²) in [5.41, 5.74) is 7.20. The molecule has 0 radical (unpaired) electrons. The van der Waals surface area contributed by atoms with E-state index in [4.69, 9.17) is 15.2 Å². The van der Waals surface area contributed by atoms with Crippen LogP contribution in [0.1, 0.15) is 45.6 Å². The topological polar surface area (TPSA) is 44.5 Å². The second-order valence-corrected chi connectivity index (χ2v) is 6.54. The van der Waals surface area contributed by atoms with Crippen LogP contribution in [0.4, 0.5) is 0 Å². The average molecular weight is 358 g/mol. The van der Waals surface area contributed by atoms with Gasteiger partial charge in [0.1, 0.15) is 0 Å². The lowest BCUT2D eigenvalue weighted by Crippen LogP contribution is -2.21. The first-order valence-corrected chi connectivity index (χ1v) is 8.55. The third-order valence-electron chi connectivity index (χ3n) is 3.61. The summed E-state index contributed by atoms with van der Waals surface area (Å²) in [7, 11) is 1.67.